The molecule has 0 aliphatic rings. The summed E-state index contributed by atoms with van der Waals surface area (Å²) in [4.78, 5) is 4.26. The van der Waals surface area contributed by atoms with Gasteiger partial charge in [-0.15, -0.1) is 6.58 Å². The maximum absolute atomic E-state index is 4.26. The molecule has 0 aliphatic heterocycles. The van der Waals surface area contributed by atoms with Gasteiger partial charge in [0.1, 0.15) is 5.82 Å². The van der Waals surface area contributed by atoms with Gasteiger partial charge in [-0.05, 0) is 18.6 Å². The summed E-state index contributed by atoms with van der Waals surface area (Å²) in [6.07, 6.45) is 3.74. The lowest BCUT2D eigenvalue weighted by Crippen LogP contribution is -2.06. The van der Waals surface area contributed by atoms with Gasteiger partial charge in [-0.3, -0.25) is 0 Å². The smallest absolute Gasteiger partial charge is 0.128 e. The van der Waals surface area contributed by atoms with Gasteiger partial charge in [0, 0.05) is 24.2 Å². The summed E-state index contributed by atoms with van der Waals surface area (Å²) < 4.78 is 0. The maximum Gasteiger partial charge on any atom is 0.128 e. The average molecular weight is 208 g/mol. The fourth-order valence-corrected chi connectivity index (χ4v) is 1.66. The van der Waals surface area contributed by atoms with Crippen molar-refractivity contribution in [3.05, 3.63) is 36.5 Å². The predicted octanol–water partition coefficient (Wildman–Crippen LogP) is 2.72. The first kappa shape index (κ1) is 11.1. The van der Waals surface area contributed by atoms with Gasteiger partial charge in [-0.1, -0.05) is 12.1 Å². The fraction of sp³-hybridized carbons (Fsp3) is 0.364. The van der Waals surface area contributed by atoms with Crippen molar-refractivity contribution < 1.29 is 0 Å². The summed E-state index contributed by atoms with van der Waals surface area (Å²) in [6, 6.07) is 4.01. The van der Waals surface area contributed by atoms with E-state index in [-0.39, 0.29) is 0 Å². The molecule has 14 heavy (non-hydrogen) atoms. The molecule has 0 atom stereocenters. The van der Waals surface area contributed by atoms with Crippen LogP contribution in [-0.4, -0.2) is 23.0 Å². The van der Waals surface area contributed by atoms with E-state index in [2.05, 4.69) is 29.9 Å². The second-order valence-electron chi connectivity index (χ2n) is 2.96. The van der Waals surface area contributed by atoms with Gasteiger partial charge in [0.2, 0.25) is 0 Å². The number of hydrogen-bond donors (Lipinski definition) is 1. The molecule has 0 bridgehead atoms. The monoisotopic (exact) mass is 208 g/mol. The number of rotatable bonds is 6. The quantitative estimate of drug-likeness (QED) is 0.575. The van der Waals surface area contributed by atoms with Crippen LogP contribution in [0.1, 0.15) is 5.56 Å². The highest BCUT2D eigenvalue weighted by Crippen LogP contribution is 2.09. The van der Waals surface area contributed by atoms with Gasteiger partial charge in [0.25, 0.3) is 0 Å². The predicted molar refractivity (Wildman–Crippen MR) is 65.0 cm³/mol. The van der Waals surface area contributed by atoms with E-state index in [0.717, 1.165) is 23.9 Å². The summed E-state index contributed by atoms with van der Waals surface area (Å²) >= 11 is 1.87. The van der Waals surface area contributed by atoms with Crippen molar-refractivity contribution in [1.29, 1.82) is 0 Å². The van der Waals surface area contributed by atoms with Gasteiger partial charge in [-0.25, -0.2) is 4.98 Å². The van der Waals surface area contributed by atoms with Gasteiger partial charge in [-0.2, -0.15) is 11.8 Å². The lowest BCUT2D eigenvalue weighted by molar-refractivity contribution is 1.15. The van der Waals surface area contributed by atoms with Crippen LogP contribution in [0.25, 0.3) is 0 Å². The first-order chi connectivity index (χ1) is 6.84. The Labute approximate surface area is 89.8 Å². The number of aromatic nitrogens is 1. The SMILES string of the molecule is C=CCSCCNc1ncccc1C. The minimum atomic E-state index is 0.955. The second-order valence-corrected chi connectivity index (χ2v) is 4.11. The van der Waals surface area contributed by atoms with E-state index in [1.54, 1.807) is 0 Å². The molecule has 1 aromatic rings. The molecule has 0 fully saturated rings. The van der Waals surface area contributed by atoms with Crippen LogP contribution in [0, 0.1) is 6.92 Å². The summed E-state index contributed by atoms with van der Waals surface area (Å²) in [6.45, 7) is 6.69. The zero-order valence-corrected chi connectivity index (χ0v) is 9.31. The zero-order chi connectivity index (χ0) is 10.2. The van der Waals surface area contributed by atoms with E-state index in [4.69, 9.17) is 0 Å². The van der Waals surface area contributed by atoms with E-state index < -0.39 is 0 Å². The standard InChI is InChI=1S/C11H16N2S/c1-3-8-14-9-7-13-11-10(2)5-4-6-12-11/h3-6H,1,7-9H2,2H3,(H,12,13). The Balaban J connectivity index is 2.24. The summed E-state index contributed by atoms with van der Waals surface area (Å²) in [7, 11) is 0. The Morgan fingerprint density at radius 2 is 2.50 bits per heavy atom. The molecule has 2 nitrogen and oxygen atoms in total. The Bertz CT molecular complexity index is 286. The molecule has 1 heterocycles. The molecule has 0 unspecified atom stereocenters. The largest absolute Gasteiger partial charge is 0.369 e. The topological polar surface area (TPSA) is 24.9 Å². The molecule has 3 heteroatoms. The molecule has 1 N–H and O–H groups in total. The minimum Gasteiger partial charge on any atom is -0.369 e. The molecule has 1 rings (SSSR count). The molecule has 0 spiro atoms. The molecular formula is C11H16N2S. The number of nitrogens with one attached hydrogen (secondary N) is 1. The van der Waals surface area contributed by atoms with Crippen LogP contribution in [0.15, 0.2) is 31.0 Å². The van der Waals surface area contributed by atoms with Crippen molar-refractivity contribution >= 4 is 17.6 Å². The number of nitrogens with zero attached hydrogens (tertiary/aromatic N) is 1. The lowest BCUT2D eigenvalue weighted by atomic mass is 10.3. The van der Waals surface area contributed by atoms with E-state index in [0.29, 0.717) is 0 Å². The molecule has 0 aromatic carbocycles. The van der Waals surface area contributed by atoms with Gasteiger partial charge in [0.05, 0.1) is 0 Å². The van der Waals surface area contributed by atoms with Gasteiger partial charge >= 0.3 is 0 Å². The molecule has 1 aromatic heterocycles. The van der Waals surface area contributed by atoms with Crippen molar-refractivity contribution in [3.63, 3.8) is 0 Å². The highest BCUT2D eigenvalue weighted by Gasteiger charge is 1.95. The first-order valence-corrected chi connectivity index (χ1v) is 5.84. The zero-order valence-electron chi connectivity index (χ0n) is 8.49. The van der Waals surface area contributed by atoms with Crippen molar-refractivity contribution in [2.45, 2.75) is 6.92 Å². The van der Waals surface area contributed by atoms with Crippen molar-refractivity contribution in [3.8, 4) is 0 Å². The molecule has 0 saturated heterocycles. The summed E-state index contributed by atoms with van der Waals surface area (Å²) in [5, 5.41) is 3.31. The summed E-state index contributed by atoms with van der Waals surface area (Å²) in [5.74, 6) is 3.09. The Morgan fingerprint density at radius 1 is 1.64 bits per heavy atom. The van der Waals surface area contributed by atoms with Crippen LogP contribution < -0.4 is 5.32 Å². The number of pyridine rings is 1. The fourth-order valence-electron chi connectivity index (χ4n) is 1.08. The minimum absolute atomic E-state index is 0.955. The van der Waals surface area contributed by atoms with Crippen LogP contribution in [-0.2, 0) is 0 Å². The lowest BCUT2D eigenvalue weighted by Gasteiger charge is -2.06. The number of hydrogen-bond acceptors (Lipinski definition) is 3. The van der Waals surface area contributed by atoms with Crippen LogP contribution in [0.3, 0.4) is 0 Å². The van der Waals surface area contributed by atoms with Crippen molar-refractivity contribution in [2.24, 2.45) is 0 Å². The summed E-state index contributed by atoms with van der Waals surface area (Å²) in [5.41, 5.74) is 1.20. The van der Waals surface area contributed by atoms with Crippen LogP contribution in [0.4, 0.5) is 5.82 Å². The molecule has 0 amide bonds. The molecule has 0 radical (unpaired) electrons. The Morgan fingerprint density at radius 3 is 3.21 bits per heavy atom. The highest BCUT2D eigenvalue weighted by molar-refractivity contribution is 7.99. The second kappa shape index (κ2) is 6.49. The normalized spacial score (nSPS) is 9.79. The van der Waals surface area contributed by atoms with Gasteiger partial charge < -0.3 is 5.32 Å². The highest BCUT2D eigenvalue weighted by atomic mass is 32.2. The van der Waals surface area contributed by atoms with E-state index >= 15 is 0 Å². The van der Waals surface area contributed by atoms with Crippen LogP contribution in [0.2, 0.25) is 0 Å². The Kier molecular flexibility index (Phi) is 5.15. The van der Waals surface area contributed by atoms with Crippen LogP contribution in [0.5, 0.6) is 0 Å². The first-order valence-electron chi connectivity index (χ1n) is 4.68. The molecule has 0 aliphatic carbocycles. The van der Waals surface area contributed by atoms with Gasteiger partial charge in [0.15, 0.2) is 0 Å². The molecule has 0 saturated carbocycles. The Hall–Kier alpha value is -0.960. The molecular weight excluding hydrogens is 192 g/mol. The van der Waals surface area contributed by atoms with Crippen molar-refractivity contribution in [1.82, 2.24) is 4.98 Å². The third-order valence-corrected chi connectivity index (χ3v) is 2.75. The number of thioether (sulfide) groups is 1. The maximum atomic E-state index is 4.26. The van der Waals surface area contributed by atoms with E-state index in [1.807, 2.05) is 30.1 Å². The van der Waals surface area contributed by atoms with Crippen LogP contribution >= 0.6 is 11.8 Å². The average Bonchev–Trinajstić information content (AvgIpc) is 2.20. The van der Waals surface area contributed by atoms with E-state index in [9.17, 15) is 0 Å². The number of anilines is 1. The third-order valence-electron chi connectivity index (χ3n) is 1.78. The molecule has 76 valence electrons. The third kappa shape index (κ3) is 3.83. The number of aryl methyl sites for hydroxylation is 1. The van der Waals surface area contributed by atoms with E-state index in [1.165, 1.54) is 5.56 Å². The van der Waals surface area contributed by atoms with Crippen molar-refractivity contribution in [2.75, 3.05) is 23.4 Å².